The van der Waals surface area contributed by atoms with Crippen LogP contribution in [0.25, 0.3) is 0 Å². The highest BCUT2D eigenvalue weighted by molar-refractivity contribution is 4.48. The molecule has 0 spiro atoms. The zero-order valence-corrected chi connectivity index (χ0v) is 10.5. The van der Waals surface area contributed by atoms with Gasteiger partial charge in [0, 0.05) is 13.7 Å². The zero-order chi connectivity index (χ0) is 11.2. The van der Waals surface area contributed by atoms with Crippen LogP contribution in [0.1, 0.15) is 64.2 Å². The van der Waals surface area contributed by atoms with Gasteiger partial charge in [-0.2, -0.15) is 0 Å². The minimum absolute atomic E-state index is 0.861. The minimum Gasteiger partial charge on any atom is -0.385 e. The zero-order valence-electron chi connectivity index (χ0n) is 10.5. The van der Waals surface area contributed by atoms with E-state index in [4.69, 9.17) is 10.5 Å². The molecule has 0 saturated heterocycles. The van der Waals surface area contributed by atoms with Crippen LogP contribution in [-0.2, 0) is 4.74 Å². The van der Waals surface area contributed by atoms with E-state index in [9.17, 15) is 0 Å². The van der Waals surface area contributed by atoms with Crippen molar-refractivity contribution >= 4 is 0 Å². The summed E-state index contributed by atoms with van der Waals surface area (Å²) < 4.78 is 5.01. The molecule has 15 heavy (non-hydrogen) atoms. The molecule has 0 aromatic carbocycles. The predicted molar refractivity (Wildman–Crippen MR) is 67.1 cm³/mol. The lowest BCUT2D eigenvalue weighted by Crippen LogP contribution is -1.97. The van der Waals surface area contributed by atoms with Crippen molar-refractivity contribution in [3.05, 3.63) is 0 Å². The normalized spacial score (nSPS) is 10.8. The van der Waals surface area contributed by atoms with E-state index in [0.717, 1.165) is 13.2 Å². The third-order valence-electron chi connectivity index (χ3n) is 2.80. The van der Waals surface area contributed by atoms with E-state index in [-0.39, 0.29) is 0 Å². The summed E-state index contributed by atoms with van der Waals surface area (Å²) in [6.07, 6.45) is 13.5. The van der Waals surface area contributed by atoms with Crippen molar-refractivity contribution in [3.63, 3.8) is 0 Å². The largest absolute Gasteiger partial charge is 0.385 e. The molecule has 0 unspecified atom stereocenters. The van der Waals surface area contributed by atoms with Crippen LogP contribution in [0.15, 0.2) is 0 Å². The van der Waals surface area contributed by atoms with Gasteiger partial charge in [0.15, 0.2) is 0 Å². The van der Waals surface area contributed by atoms with Gasteiger partial charge in [-0.15, -0.1) is 0 Å². The van der Waals surface area contributed by atoms with Gasteiger partial charge in [-0.3, -0.25) is 0 Å². The Balaban J connectivity index is 2.81. The Morgan fingerprint density at radius 1 is 0.667 bits per heavy atom. The SMILES string of the molecule is COCCCCCCCCCCCCN. The molecule has 0 aliphatic rings. The number of rotatable bonds is 12. The fourth-order valence-electron chi connectivity index (χ4n) is 1.80. The smallest absolute Gasteiger partial charge is 0.0462 e. The average Bonchev–Trinajstić information content (AvgIpc) is 2.26. The Morgan fingerprint density at radius 3 is 1.47 bits per heavy atom. The van der Waals surface area contributed by atoms with E-state index in [0.29, 0.717) is 0 Å². The summed E-state index contributed by atoms with van der Waals surface area (Å²) in [6.45, 7) is 1.79. The third-order valence-corrected chi connectivity index (χ3v) is 2.80. The summed E-state index contributed by atoms with van der Waals surface area (Å²) in [6, 6.07) is 0. The summed E-state index contributed by atoms with van der Waals surface area (Å²) in [5, 5.41) is 0. The van der Waals surface area contributed by atoms with Crippen LogP contribution in [0.2, 0.25) is 0 Å². The van der Waals surface area contributed by atoms with Crippen molar-refractivity contribution in [2.45, 2.75) is 64.2 Å². The van der Waals surface area contributed by atoms with E-state index >= 15 is 0 Å². The van der Waals surface area contributed by atoms with Crippen LogP contribution >= 0.6 is 0 Å². The Bertz CT molecular complexity index is 94.7. The Labute approximate surface area is 95.6 Å². The van der Waals surface area contributed by atoms with Gasteiger partial charge in [-0.25, -0.2) is 0 Å². The molecular weight excluding hydrogens is 186 g/mol. The monoisotopic (exact) mass is 215 g/mol. The number of methoxy groups -OCH3 is 1. The maximum atomic E-state index is 5.44. The molecule has 2 heteroatoms. The molecule has 92 valence electrons. The first-order chi connectivity index (χ1) is 7.41. The molecule has 0 aliphatic carbocycles. The second kappa shape index (κ2) is 13.9. The third kappa shape index (κ3) is 13.9. The van der Waals surface area contributed by atoms with E-state index in [1.807, 2.05) is 0 Å². The molecule has 0 rings (SSSR count). The van der Waals surface area contributed by atoms with Crippen molar-refractivity contribution in [2.24, 2.45) is 5.73 Å². The van der Waals surface area contributed by atoms with E-state index in [2.05, 4.69) is 0 Å². The molecule has 0 amide bonds. The number of hydrogen-bond acceptors (Lipinski definition) is 2. The van der Waals surface area contributed by atoms with Crippen LogP contribution in [0.3, 0.4) is 0 Å². The molecule has 0 bridgehead atoms. The lowest BCUT2D eigenvalue weighted by molar-refractivity contribution is 0.192. The Kier molecular flexibility index (Phi) is 13.8. The molecule has 0 fully saturated rings. The van der Waals surface area contributed by atoms with E-state index in [1.165, 1.54) is 64.2 Å². The van der Waals surface area contributed by atoms with Crippen LogP contribution < -0.4 is 5.73 Å². The van der Waals surface area contributed by atoms with Gasteiger partial charge in [-0.05, 0) is 19.4 Å². The molecule has 0 heterocycles. The van der Waals surface area contributed by atoms with Gasteiger partial charge in [0.1, 0.15) is 0 Å². The molecular formula is C13H29NO. The first-order valence-corrected chi connectivity index (χ1v) is 6.61. The van der Waals surface area contributed by atoms with Gasteiger partial charge >= 0.3 is 0 Å². The highest BCUT2D eigenvalue weighted by atomic mass is 16.5. The van der Waals surface area contributed by atoms with Crippen molar-refractivity contribution < 1.29 is 4.74 Å². The standard InChI is InChI=1S/C13H29NO/c1-15-13-11-9-7-5-3-2-4-6-8-10-12-14/h2-14H2,1H3. The van der Waals surface area contributed by atoms with E-state index < -0.39 is 0 Å². The molecule has 0 aliphatic heterocycles. The number of ether oxygens (including phenoxy) is 1. The molecule has 0 radical (unpaired) electrons. The summed E-state index contributed by atoms with van der Waals surface area (Å²) in [5.41, 5.74) is 5.44. The second-order valence-corrected chi connectivity index (χ2v) is 4.32. The summed E-state index contributed by atoms with van der Waals surface area (Å²) in [4.78, 5) is 0. The quantitative estimate of drug-likeness (QED) is 0.506. The molecule has 2 nitrogen and oxygen atoms in total. The molecule has 0 aromatic rings. The van der Waals surface area contributed by atoms with Gasteiger partial charge in [0.2, 0.25) is 0 Å². The minimum atomic E-state index is 0.861. The van der Waals surface area contributed by atoms with Crippen molar-refractivity contribution in [2.75, 3.05) is 20.3 Å². The predicted octanol–water partition coefficient (Wildman–Crippen LogP) is 3.49. The molecule has 0 atom stereocenters. The summed E-state index contributed by atoms with van der Waals surface area (Å²) >= 11 is 0. The second-order valence-electron chi connectivity index (χ2n) is 4.32. The van der Waals surface area contributed by atoms with Crippen molar-refractivity contribution in [1.82, 2.24) is 0 Å². The van der Waals surface area contributed by atoms with Crippen molar-refractivity contribution in [3.8, 4) is 0 Å². The topological polar surface area (TPSA) is 35.2 Å². The lowest BCUT2D eigenvalue weighted by atomic mass is 10.1. The Hall–Kier alpha value is -0.0800. The van der Waals surface area contributed by atoms with Gasteiger partial charge in [-0.1, -0.05) is 51.4 Å². The average molecular weight is 215 g/mol. The van der Waals surface area contributed by atoms with Gasteiger partial charge in [0.25, 0.3) is 0 Å². The van der Waals surface area contributed by atoms with Crippen LogP contribution in [0.5, 0.6) is 0 Å². The van der Waals surface area contributed by atoms with Crippen LogP contribution in [0, 0.1) is 0 Å². The molecule has 0 aromatic heterocycles. The first-order valence-electron chi connectivity index (χ1n) is 6.61. The summed E-state index contributed by atoms with van der Waals surface area (Å²) in [5.74, 6) is 0. The number of nitrogens with two attached hydrogens (primary N) is 1. The fourth-order valence-corrected chi connectivity index (χ4v) is 1.80. The first kappa shape index (κ1) is 14.9. The van der Waals surface area contributed by atoms with Gasteiger partial charge in [0.05, 0.1) is 0 Å². The van der Waals surface area contributed by atoms with Crippen LogP contribution in [-0.4, -0.2) is 20.3 Å². The number of hydrogen-bond donors (Lipinski definition) is 1. The maximum absolute atomic E-state index is 5.44. The fraction of sp³-hybridized carbons (Fsp3) is 1.00. The lowest BCUT2D eigenvalue weighted by Gasteiger charge is -2.02. The number of unbranched alkanes of at least 4 members (excludes halogenated alkanes) is 9. The van der Waals surface area contributed by atoms with E-state index in [1.54, 1.807) is 7.11 Å². The molecule has 2 N–H and O–H groups in total. The van der Waals surface area contributed by atoms with Crippen molar-refractivity contribution in [1.29, 1.82) is 0 Å². The maximum Gasteiger partial charge on any atom is 0.0462 e. The highest BCUT2D eigenvalue weighted by Gasteiger charge is 1.92. The van der Waals surface area contributed by atoms with Crippen LogP contribution in [0.4, 0.5) is 0 Å². The summed E-state index contributed by atoms with van der Waals surface area (Å²) in [7, 11) is 1.78. The molecule has 0 saturated carbocycles. The highest BCUT2D eigenvalue weighted by Crippen LogP contribution is 2.10. The Morgan fingerprint density at radius 2 is 1.07 bits per heavy atom. The van der Waals surface area contributed by atoms with Gasteiger partial charge < -0.3 is 10.5 Å².